The molecule has 0 saturated heterocycles. The minimum atomic E-state index is -0.534. The Hall–Kier alpha value is -6.26. The van der Waals surface area contributed by atoms with Gasteiger partial charge < -0.3 is 20.7 Å². The summed E-state index contributed by atoms with van der Waals surface area (Å²) in [6.45, 7) is 0. The van der Waals surface area contributed by atoms with E-state index >= 15 is 0 Å². The fourth-order valence-corrected chi connectivity index (χ4v) is 5.96. The van der Waals surface area contributed by atoms with Crippen LogP contribution in [0.5, 0.6) is 5.75 Å². The molecule has 5 aromatic rings. The number of nitrogens with one attached hydrogen (secondary N) is 3. The fraction of sp³-hybridized carbons (Fsp3) is 0.0513. The maximum Gasteiger partial charge on any atom is 0.272 e. The lowest BCUT2D eigenvalue weighted by Crippen LogP contribution is -2.30. The van der Waals surface area contributed by atoms with Gasteiger partial charge in [0.15, 0.2) is 11.6 Å². The third-order valence-electron chi connectivity index (χ3n) is 7.64. The van der Waals surface area contributed by atoms with E-state index in [1.54, 1.807) is 135 Å². The molecule has 10 heteroatoms. The lowest BCUT2D eigenvalue weighted by atomic mass is 9.83. The Morgan fingerprint density at radius 2 is 1.39 bits per heavy atom. The molecule has 0 radical (unpaired) electrons. The van der Waals surface area contributed by atoms with Gasteiger partial charge >= 0.3 is 0 Å². The number of carbonyl (C=O) groups is 5. The van der Waals surface area contributed by atoms with Gasteiger partial charge in [-0.3, -0.25) is 24.0 Å². The molecule has 3 amide bonds. The molecule has 49 heavy (non-hydrogen) atoms. The van der Waals surface area contributed by atoms with E-state index in [9.17, 15) is 24.0 Å². The van der Waals surface area contributed by atoms with E-state index < -0.39 is 11.8 Å². The van der Waals surface area contributed by atoms with Crippen molar-refractivity contribution < 1.29 is 28.7 Å². The minimum absolute atomic E-state index is 0.0315. The first-order valence-electron chi connectivity index (χ1n) is 15.2. The Bertz CT molecular complexity index is 2130. The Morgan fingerprint density at radius 3 is 2.12 bits per heavy atom. The summed E-state index contributed by atoms with van der Waals surface area (Å²) in [6, 6.07) is 34.0. The van der Waals surface area contributed by atoms with Crippen LogP contribution < -0.4 is 20.7 Å². The van der Waals surface area contributed by atoms with Gasteiger partial charge in [-0.05, 0) is 66.2 Å². The van der Waals surface area contributed by atoms with Gasteiger partial charge in [0.25, 0.3) is 11.8 Å². The van der Waals surface area contributed by atoms with Gasteiger partial charge in [0.05, 0.1) is 24.1 Å². The van der Waals surface area contributed by atoms with Gasteiger partial charge in [0, 0.05) is 32.8 Å². The fourth-order valence-electron chi connectivity index (χ4n) is 5.26. The molecule has 1 aliphatic rings. The maximum atomic E-state index is 13.4. The highest BCUT2D eigenvalue weighted by atomic mass is 32.2. The first-order chi connectivity index (χ1) is 23.8. The lowest BCUT2D eigenvalue weighted by molar-refractivity contribution is -0.114. The zero-order chi connectivity index (χ0) is 34.3. The second-order valence-corrected chi connectivity index (χ2v) is 12.0. The molecule has 0 atom stereocenters. The van der Waals surface area contributed by atoms with Crippen molar-refractivity contribution in [1.29, 1.82) is 0 Å². The Morgan fingerprint density at radius 1 is 0.714 bits per heavy atom. The summed E-state index contributed by atoms with van der Waals surface area (Å²) in [7, 11) is 1.54. The topological polar surface area (TPSA) is 131 Å². The number of ketones is 2. The number of thioether (sulfide) groups is 1. The van der Waals surface area contributed by atoms with Crippen molar-refractivity contribution in [3.63, 3.8) is 0 Å². The summed E-state index contributed by atoms with van der Waals surface area (Å²) < 4.78 is 5.29. The predicted molar refractivity (Wildman–Crippen MR) is 189 cm³/mol. The van der Waals surface area contributed by atoms with Crippen LogP contribution in [0.2, 0.25) is 0 Å². The van der Waals surface area contributed by atoms with E-state index in [4.69, 9.17) is 4.74 Å². The average molecular weight is 668 g/mol. The van der Waals surface area contributed by atoms with E-state index in [1.165, 1.54) is 11.8 Å². The van der Waals surface area contributed by atoms with Gasteiger partial charge in [0.1, 0.15) is 11.4 Å². The van der Waals surface area contributed by atoms with E-state index in [0.29, 0.717) is 33.7 Å². The zero-order valence-corrected chi connectivity index (χ0v) is 27.0. The van der Waals surface area contributed by atoms with Crippen LogP contribution in [-0.4, -0.2) is 42.2 Å². The Balaban J connectivity index is 1.11. The molecule has 6 rings (SSSR count). The van der Waals surface area contributed by atoms with Crippen LogP contribution in [0.1, 0.15) is 47.8 Å². The molecule has 0 aliphatic heterocycles. The minimum Gasteiger partial charge on any atom is -0.497 e. The van der Waals surface area contributed by atoms with Crippen LogP contribution in [0.15, 0.2) is 132 Å². The third kappa shape index (κ3) is 7.50. The van der Waals surface area contributed by atoms with Gasteiger partial charge in [-0.15, -0.1) is 11.8 Å². The monoisotopic (exact) mass is 667 g/mol. The number of rotatable bonds is 10. The van der Waals surface area contributed by atoms with Crippen LogP contribution in [-0.2, 0) is 9.59 Å². The number of fused-ring (bicyclic) bond motifs is 2. The predicted octanol–water partition coefficient (Wildman–Crippen LogP) is 6.61. The van der Waals surface area contributed by atoms with Crippen molar-refractivity contribution in [2.75, 3.05) is 23.5 Å². The lowest BCUT2D eigenvalue weighted by Gasteiger charge is -2.20. The summed E-state index contributed by atoms with van der Waals surface area (Å²) in [6.07, 6.45) is 1.56. The van der Waals surface area contributed by atoms with Gasteiger partial charge in [0.2, 0.25) is 5.91 Å². The second-order valence-electron chi connectivity index (χ2n) is 10.9. The molecule has 3 N–H and O–H groups in total. The van der Waals surface area contributed by atoms with Gasteiger partial charge in [-0.25, -0.2) is 0 Å². The molecule has 0 saturated carbocycles. The highest BCUT2D eigenvalue weighted by molar-refractivity contribution is 8.00. The molecule has 242 valence electrons. The molecule has 0 spiro atoms. The van der Waals surface area contributed by atoms with Crippen molar-refractivity contribution in [3.05, 3.63) is 160 Å². The second kappa shape index (κ2) is 14.7. The third-order valence-corrected chi connectivity index (χ3v) is 8.65. The number of hydrogen-bond acceptors (Lipinski definition) is 7. The number of anilines is 2. The number of amides is 3. The van der Waals surface area contributed by atoms with Crippen LogP contribution in [0.3, 0.4) is 0 Å². The maximum absolute atomic E-state index is 13.4. The van der Waals surface area contributed by atoms with E-state index in [0.717, 1.165) is 4.90 Å². The number of hydrogen-bond donors (Lipinski definition) is 3. The number of ether oxygens (including phenoxy) is 1. The normalized spacial score (nSPS) is 12.0. The quantitative estimate of drug-likeness (QED) is 0.111. The summed E-state index contributed by atoms with van der Waals surface area (Å²) >= 11 is 1.26. The Kier molecular flexibility index (Phi) is 9.78. The highest BCUT2D eigenvalue weighted by Crippen LogP contribution is 2.32. The van der Waals surface area contributed by atoms with E-state index in [-0.39, 0.29) is 45.7 Å². The zero-order valence-electron chi connectivity index (χ0n) is 26.2. The summed E-state index contributed by atoms with van der Waals surface area (Å²) in [5, 5.41) is 8.32. The largest absolute Gasteiger partial charge is 0.497 e. The van der Waals surface area contributed by atoms with E-state index in [2.05, 4.69) is 16.0 Å². The van der Waals surface area contributed by atoms with Gasteiger partial charge in [-0.1, -0.05) is 66.7 Å². The van der Waals surface area contributed by atoms with Gasteiger partial charge in [-0.2, -0.15) is 0 Å². The molecule has 0 aromatic heterocycles. The van der Waals surface area contributed by atoms with Crippen molar-refractivity contribution in [2.24, 2.45) is 0 Å². The molecular weight excluding hydrogens is 639 g/mol. The molecule has 9 nitrogen and oxygen atoms in total. The highest BCUT2D eigenvalue weighted by Gasteiger charge is 2.31. The molecule has 0 unspecified atom stereocenters. The van der Waals surface area contributed by atoms with E-state index in [1.807, 2.05) is 0 Å². The summed E-state index contributed by atoms with van der Waals surface area (Å²) in [5.41, 5.74) is 2.94. The average Bonchev–Trinajstić information content (AvgIpc) is 3.13. The summed E-state index contributed by atoms with van der Waals surface area (Å²) in [5.74, 6) is -1.26. The SMILES string of the molecule is COc1cccc(/C=C(\NC(=O)c2ccccc2)C(=O)Nc2ccc(SCC(=O)Nc3cccc4c3C(=O)c3ccccc3C4=O)cc2)c1. The molecule has 0 fully saturated rings. The molecule has 5 aromatic carbocycles. The smallest absolute Gasteiger partial charge is 0.272 e. The van der Waals surface area contributed by atoms with Crippen molar-refractivity contribution in [1.82, 2.24) is 5.32 Å². The molecule has 0 bridgehead atoms. The first kappa shape index (κ1) is 32.7. The van der Waals surface area contributed by atoms with Crippen LogP contribution in [0.4, 0.5) is 11.4 Å². The molecular formula is C39H29N3O6S. The van der Waals surface area contributed by atoms with Crippen molar-refractivity contribution >= 4 is 58.5 Å². The Labute approximate surface area is 286 Å². The molecule has 1 aliphatic carbocycles. The number of benzene rings is 5. The first-order valence-corrected chi connectivity index (χ1v) is 16.2. The molecule has 0 heterocycles. The van der Waals surface area contributed by atoms with Crippen LogP contribution in [0, 0.1) is 0 Å². The van der Waals surface area contributed by atoms with Crippen molar-refractivity contribution in [3.8, 4) is 5.75 Å². The van der Waals surface area contributed by atoms with Crippen LogP contribution in [0.25, 0.3) is 6.08 Å². The van der Waals surface area contributed by atoms with Crippen LogP contribution >= 0.6 is 11.8 Å². The van der Waals surface area contributed by atoms with Crippen molar-refractivity contribution in [2.45, 2.75) is 4.90 Å². The number of methoxy groups -OCH3 is 1. The standard InChI is InChI=1S/C39H29N3O6S/c1-48-27-12-7-9-24(21-27)22-33(42-38(46)25-10-3-2-4-11-25)39(47)40-26-17-19-28(20-18-26)49-23-34(43)41-32-16-8-15-31-35(32)37(45)30-14-6-5-13-29(30)36(31)44/h2-22H,23H2,1H3,(H,40,47)(H,41,43)(H,42,46)/b33-22-. The summed E-state index contributed by atoms with van der Waals surface area (Å²) in [4.78, 5) is 66.3. The number of carbonyl (C=O) groups excluding carboxylic acids is 5.